The summed E-state index contributed by atoms with van der Waals surface area (Å²) < 4.78 is 4.97. The molecule has 16 heavy (non-hydrogen) atoms. The molecule has 0 saturated heterocycles. The van der Waals surface area contributed by atoms with Crippen LogP contribution >= 0.6 is 11.8 Å². The Morgan fingerprint density at radius 2 is 2.50 bits per heavy atom. The second-order valence-electron chi connectivity index (χ2n) is 4.16. The first kappa shape index (κ1) is 11.5. The lowest BCUT2D eigenvalue weighted by Crippen LogP contribution is -2.32. The summed E-state index contributed by atoms with van der Waals surface area (Å²) in [6.45, 7) is 3.79. The minimum Gasteiger partial charge on any atom is -0.361 e. The van der Waals surface area contributed by atoms with Crippen molar-refractivity contribution >= 4 is 17.7 Å². The molecular formula is C11H16N2O2S. The molecule has 1 atom stereocenters. The van der Waals surface area contributed by atoms with Gasteiger partial charge < -0.3 is 9.84 Å². The lowest BCUT2D eigenvalue weighted by atomic mass is 10.4. The maximum Gasteiger partial charge on any atom is 0.233 e. The number of aryl methyl sites for hydroxylation is 1. The summed E-state index contributed by atoms with van der Waals surface area (Å²) in [5.41, 5.74) is 0.897. The Morgan fingerprint density at radius 1 is 1.75 bits per heavy atom. The fourth-order valence-corrected chi connectivity index (χ4v) is 2.09. The highest BCUT2D eigenvalue weighted by Gasteiger charge is 2.25. The number of nitrogens with one attached hydrogen (secondary N) is 1. The molecule has 1 aliphatic rings. The molecule has 0 spiro atoms. The second-order valence-corrected chi connectivity index (χ2v) is 5.49. The summed E-state index contributed by atoms with van der Waals surface area (Å²) in [4.78, 5) is 11.6. The zero-order chi connectivity index (χ0) is 11.5. The van der Waals surface area contributed by atoms with E-state index in [1.807, 2.05) is 19.9 Å². The van der Waals surface area contributed by atoms with Crippen molar-refractivity contribution in [2.24, 2.45) is 0 Å². The highest BCUT2D eigenvalue weighted by Crippen LogP contribution is 2.22. The molecule has 1 aromatic heterocycles. The molecule has 1 saturated carbocycles. The van der Waals surface area contributed by atoms with Crippen molar-refractivity contribution < 1.29 is 9.32 Å². The molecule has 88 valence electrons. The largest absolute Gasteiger partial charge is 0.361 e. The van der Waals surface area contributed by atoms with Crippen LogP contribution in [0.4, 0.5) is 0 Å². The third-order valence-electron chi connectivity index (χ3n) is 2.45. The minimum absolute atomic E-state index is 0.0300. The number of nitrogens with zero attached hydrogens (tertiary/aromatic N) is 1. The maximum absolute atomic E-state index is 11.6. The lowest BCUT2D eigenvalue weighted by molar-refractivity contribution is -0.120. The van der Waals surface area contributed by atoms with Crippen molar-refractivity contribution in [3.05, 3.63) is 17.5 Å². The van der Waals surface area contributed by atoms with Gasteiger partial charge in [0.15, 0.2) is 0 Å². The van der Waals surface area contributed by atoms with Gasteiger partial charge in [0.25, 0.3) is 0 Å². The first-order valence-corrected chi connectivity index (χ1v) is 6.54. The van der Waals surface area contributed by atoms with Crippen LogP contribution in [-0.2, 0) is 10.5 Å². The van der Waals surface area contributed by atoms with Gasteiger partial charge in [-0.2, -0.15) is 0 Å². The molecule has 0 aromatic carbocycles. The normalized spacial score (nSPS) is 17.1. The van der Waals surface area contributed by atoms with Gasteiger partial charge >= 0.3 is 0 Å². The molecule has 4 nitrogen and oxygen atoms in total. The molecule has 1 aromatic rings. The van der Waals surface area contributed by atoms with Crippen molar-refractivity contribution in [3.8, 4) is 0 Å². The van der Waals surface area contributed by atoms with Crippen LogP contribution < -0.4 is 5.32 Å². The molecule has 1 aliphatic carbocycles. The summed E-state index contributed by atoms with van der Waals surface area (Å²) in [7, 11) is 0. The van der Waals surface area contributed by atoms with E-state index in [4.69, 9.17) is 4.52 Å². The molecule has 2 rings (SSSR count). The molecule has 0 bridgehead atoms. The standard InChI is InChI=1S/C11H16N2O2S/c1-7-5-10(13-15-7)6-16-8(2)11(14)12-9-3-4-9/h5,8-9H,3-4,6H2,1-2H3,(H,12,14)/t8-/m1/s1. The zero-order valence-electron chi connectivity index (χ0n) is 9.53. The van der Waals surface area contributed by atoms with Gasteiger partial charge in [0.2, 0.25) is 5.91 Å². The predicted octanol–water partition coefficient (Wildman–Crippen LogP) is 1.88. The van der Waals surface area contributed by atoms with Crippen LogP contribution in [-0.4, -0.2) is 22.4 Å². The van der Waals surface area contributed by atoms with Crippen LogP contribution in [0.15, 0.2) is 10.6 Å². The monoisotopic (exact) mass is 240 g/mol. The van der Waals surface area contributed by atoms with Gasteiger partial charge in [-0.15, -0.1) is 11.8 Å². The van der Waals surface area contributed by atoms with Gasteiger partial charge in [-0.3, -0.25) is 4.79 Å². The molecule has 5 heteroatoms. The highest BCUT2D eigenvalue weighted by molar-refractivity contribution is 7.99. The maximum atomic E-state index is 11.6. The fourth-order valence-electron chi connectivity index (χ4n) is 1.32. The number of rotatable bonds is 5. The zero-order valence-corrected chi connectivity index (χ0v) is 10.3. The number of hydrogen-bond acceptors (Lipinski definition) is 4. The van der Waals surface area contributed by atoms with E-state index < -0.39 is 0 Å². The van der Waals surface area contributed by atoms with Crippen molar-refractivity contribution in [2.75, 3.05) is 0 Å². The van der Waals surface area contributed by atoms with Crippen LogP contribution in [0.3, 0.4) is 0 Å². The molecule has 0 radical (unpaired) electrons. The number of thioether (sulfide) groups is 1. The van der Waals surface area contributed by atoms with Crippen molar-refractivity contribution in [2.45, 2.75) is 43.7 Å². The number of hydrogen-bond donors (Lipinski definition) is 1. The van der Waals surface area contributed by atoms with E-state index in [0.717, 1.165) is 30.0 Å². The Labute approximate surface area is 99.1 Å². The summed E-state index contributed by atoms with van der Waals surface area (Å²) in [5, 5.41) is 6.85. The van der Waals surface area contributed by atoms with Crippen LogP contribution in [0.5, 0.6) is 0 Å². The molecule has 1 fully saturated rings. The fraction of sp³-hybridized carbons (Fsp3) is 0.636. The number of carbonyl (C=O) groups excluding carboxylic acids is 1. The van der Waals surface area contributed by atoms with Crippen LogP contribution in [0.2, 0.25) is 0 Å². The van der Waals surface area contributed by atoms with Gasteiger partial charge in [-0.25, -0.2) is 0 Å². The summed E-state index contributed by atoms with van der Waals surface area (Å²) >= 11 is 1.59. The third kappa shape index (κ3) is 3.27. The summed E-state index contributed by atoms with van der Waals surface area (Å²) in [6, 6.07) is 2.34. The van der Waals surface area contributed by atoms with Gasteiger partial charge in [-0.05, 0) is 26.7 Å². The molecule has 0 aliphatic heterocycles. The van der Waals surface area contributed by atoms with Gasteiger partial charge in [0.05, 0.1) is 10.9 Å². The minimum atomic E-state index is -0.0300. The molecule has 1 heterocycles. The molecular weight excluding hydrogens is 224 g/mol. The molecule has 1 N–H and O–H groups in total. The number of carbonyl (C=O) groups is 1. The Balaban J connectivity index is 1.73. The Hall–Kier alpha value is -0.970. The van der Waals surface area contributed by atoms with Crippen molar-refractivity contribution in [1.82, 2.24) is 10.5 Å². The van der Waals surface area contributed by atoms with E-state index in [1.54, 1.807) is 11.8 Å². The van der Waals surface area contributed by atoms with Crippen LogP contribution in [0, 0.1) is 6.92 Å². The van der Waals surface area contributed by atoms with Crippen LogP contribution in [0.1, 0.15) is 31.2 Å². The average Bonchev–Trinajstić information content (AvgIpc) is 2.96. The third-order valence-corrected chi connectivity index (χ3v) is 3.63. The van der Waals surface area contributed by atoms with Crippen molar-refractivity contribution in [1.29, 1.82) is 0 Å². The second kappa shape index (κ2) is 4.91. The van der Waals surface area contributed by atoms with Crippen LogP contribution in [0.25, 0.3) is 0 Å². The van der Waals surface area contributed by atoms with E-state index in [9.17, 15) is 4.79 Å². The van der Waals surface area contributed by atoms with Gasteiger partial charge in [-0.1, -0.05) is 5.16 Å². The first-order chi connectivity index (χ1) is 7.65. The van der Waals surface area contributed by atoms with E-state index in [2.05, 4.69) is 10.5 Å². The summed E-state index contributed by atoms with van der Waals surface area (Å²) in [5.74, 6) is 1.66. The Bertz CT molecular complexity index is 374. The highest BCUT2D eigenvalue weighted by atomic mass is 32.2. The molecule has 0 unspecified atom stereocenters. The smallest absolute Gasteiger partial charge is 0.233 e. The Morgan fingerprint density at radius 3 is 3.06 bits per heavy atom. The quantitative estimate of drug-likeness (QED) is 0.854. The SMILES string of the molecule is Cc1cc(CS[C@H](C)C(=O)NC2CC2)no1. The Kier molecular flexibility index (Phi) is 3.53. The van der Waals surface area contributed by atoms with E-state index in [0.29, 0.717) is 6.04 Å². The number of amides is 1. The number of aromatic nitrogens is 1. The first-order valence-electron chi connectivity index (χ1n) is 5.49. The lowest BCUT2D eigenvalue weighted by Gasteiger charge is -2.09. The average molecular weight is 240 g/mol. The van der Waals surface area contributed by atoms with Gasteiger partial charge in [0, 0.05) is 17.9 Å². The predicted molar refractivity (Wildman–Crippen MR) is 63.2 cm³/mol. The van der Waals surface area contributed by atoms with E-state index in [1.165, 1.54) is 0 Å². The summed E-state index contributed by atoms with van der Waals surface area (Å²) in [6.07, 6.45) is 2.26. The topological polar surface area (TPSA) is 55.1 Å². The van der Waals surface area contributed by atoms with Crippen molar-refractivity contribution in [3.63, 3.8) is 0 Å². The van der Waals surface area contributed by atoms with Gasteiger partial charge in [0.1, 0.15) is 5.76 Å². The van der Waals surface area contributed by atoms with E-state index >= 15 is 0 Å². The molecule has 1 amide bonds. The van der Waals surface area contributed by atoms with E-state index in [-0.39, 0.29) is 11.2 Å².